The topological polar surface area (TPSA) is 0 Å². The fourth-order valence-corrected chi connectivity index (χ4v) is 6.53. The molecule has 2 aliphatic rings. The molecule has 2 aromatic carbocycles. The lowest BCUT2D eigenvalue weighted by Crippen LogP contribution is -2.21. The fraction of sp³-hybridized carbons (Fsp3) is 0.250. The monoisotopic (exact) mass is 478 g/mol. The average molecular weight is 482 g/mol. The summed E-state index contributed by atoms with van der Waals surface area (Å²) in [5.41, 5.74) is 4.21. The average Bonchev–Trinajstić information content (AvgIpc) is 2.49. The third-order valence-corrected chi connectivity index (χ3v) is 7.87. The third kappa shape index (κ3) is 2.28. The van der Waals surface area contributed by atoms with Crippen LogP contribution in [0.2, 0.25) is 20.1 Å². The lowest BCUT2D eigenvalue weighted by atomic mass is 9.74. The van der Waals surface area contributed by atoms with Crippen molar-refractivity contribution in [1.29, 1.82) is 0 Å². The molecule has 0 nitrogen and oxygen atoms in total. The van der Waals surface area contributed by atoms with Crippen molar-refractivity contribution in [2.75, 3.05) is 0 Å². The minimum Gasteiger partial charge on any atom is -0.116 e. The van der Waals surface area contributed by atoms with Gasteiger partial charge in [-0.05, 0) is 45.5 Å². The predicted octanol–water partition coefficient (Wildman–Crippen LogP) is 9.11. The predicted molar refractivity (Wildman–Crippen MR) is 106 cm³/mol. The Hall–Kier alpha value is 0.760. The molecule has 0 saturated heterocycles. The van der Waals surface area contributed by atoms with Gasteiger partial charge in [-0.3, -0.25) is 0 Å². The number of benzene rings is 2. The number of hydrogen-bond acceptors (Lipinski definition) is 0. The molecule has 0 aromatic heterocycles. The minimum atomic E-state index is -0.583. The summed E-state index contributed by atoms with van der Waals surface area (Å²) in [5, 5.41) is -0.634. The molecular formula is C16H6Cl8. The Morgan fingerprint density at radius 2 is 0.667 bits per heavy atom. The van der Waals surface area contributed by atoms with E-state index >= 15 is 0 Å². The second-order valence-electron chi connectivity index (χ2n) is 5.69. The zero-order chi connectivity index (χ0) is 17.5. The first-order valence-corrected chi connectivity index (χ1v) is 10.1. The van der Waals surface area contributed by atoms with Crippen LogP contribution in [-0.4, -0.2) is 0 Å². The molecule has 0 amide bonds. The SMILES string of the molecule is Clc1cc(Cl)c2c3c1[C@@H](Cl)[C@H](Cl)c1c(Cl)cc(Cl)c(c1-3)[C@H](Cl)[C@@H]2Cl. The van der Waals surface area contributed by atoms with Gasteiger partial charge >= 0.3 is 0 Å². The van der Waals surface area contributed by atoms with Gasteiger partial charge in [0.2, 0.25) is 0 Å². The molecule has 24 heavy (non-hydrogen) atoms. The van der Waals surface area contributed by atoms with Gasteiger partial charge < -0.3 is 0 Å². The van der Waals surface area contributed by atoms with Crippen LogP contribution in [0.1, 0.15) is 43.8 Å². The Balaban J connectivity index is 2.27. The summed E-state index contributed by atoms with van der Waals surface area (Å²) in [4.78, 5) is 0. The van der Waals surface area contributed by atoms with E-state index in [1.54, 1.807) is 12.1 Å². The molecule has 0 fully saturated rings. The van der Waals surface area contributed by atoms with Crippen LogP contribution in [0.15, 0.2) is 12.1 Å². The zero-order valence-corrected chi connectivity index (χ0v) is 17.5. The quantitative estimate of drug-likeness (QED) is 0.329. The van der Waals surface area contributed by atoms with Gasteiger partial charge in [0.05, 0.1) is 21.5 Å². The summed E-state index contributed by atoms with van der Waals surface area (Å²) < 4.78 is 0. The Kier molecular flexibility index (Phi) is 4.64. The number of rotatable bonds is 0. The molecule has 2 aliphatic carbocycles. The van der Waals surface area contributed by atoms with E-state index < -0.39 is 21.5 Å². The lowest BCUT2D eigenvalue weighted by Gasteiger charge is -2.39. The maximum absolute atomic E-state index is 6.60. The third-order valence-electron chi connectivity index (χ3n) is 4.48. The summed E-state index contributed by atoms with van der Waals surface area (Å²) in [6.07, 6.45) is 0. The Morgan fingerprint density at radius 1 is 0.458 bits per heavy atom. The molecular weight excluding hydrogens is 476 g/mol. The van der Waals surface area contributed by atoms with Crippen molar-refractivity contribution >= 4 is 92.8 Å². The smallest absolute Gasteiger partial charge is 0.0811 e. The number of alkyl halides is 4. The number of halogens is 8. The van der Waals surface area contributed by atoms with E-state index in [0.29, 0.717) is 42.3 Å². The van der Waals surface area contributed by atoms with E-state index in [0.717, 1.165) is 11.1 Å². The molecule has 0 heterocycles. The molecule has 0 aliphatic heterocycles. The van der Waals surface area contributed by atoms with Crippen LogP contribution in [-0.2, 0) is 0 Å². The molecule has 126 valence electrons. The van der Waals surface area contributed by atoms with Gasteiger partial charge in [0.25, 0.3) is 0 Å². The summed E-state index contributed by atoms with van der Waals surface area (Å²) in [7, 11) is 0. The molecule has 4 rings (SSSR count). The van der Waals surface area contributed by atoms with Crippen LogP contribution < -0.4 is 0 Å². The summed E-state index contributed by atoms with van der Waals surface area (Å²) in [5.74, 6) is 0. The van der Waals surface area contributed by atoms with Gasteiger partial charge in [-0.2, -0.15) is 0 Å². The van der Waals surface area contributed by atoms with Crippen molar-refractivity contribution < 1.29 is 0 Å². The van der Waals surface area contributed by atoms with Crippen molar-refractivity contribution in [1.82, 2.24) is 0 Å². The van der Waals surface area contributed by atoms with E-state index in [1.807, 2.05) is 0 Å². The maximum atomic E-state index is 6.60. The van der Waals surface area contributed by atoms with Crippen molar-refractivity contribution in [3.05, 3.63) is 54.5 Å². The van der Waals surface area contributed by atoms with Gasteiger partial charge in [-0.15, -0.1) is 46.4 Å². The second kappa shape index (κ2) is 6.14. The first-order valence-electron chi connectivity index (χ1n) is 6.85. The molecule has 2 aromatic rings. The highest BCUT2D eigenvalue weighted by Crippen LogP contribution is 2.64. The Morgan fingerprint density at radius 3 is 0.875 bits per heavy atom. The van der Waals surface area contributed by atoms with Crippen LogP contribution >= 0.6 is 92.8 Å². The number of hydrogen-bond donors (Lipinski definition) is 0. The Labute approximate surface area is 178 Å². The van der Waals surface area contributed by atoms with Crippen molar-refractivity contribution in [3.8, 4) is 11.1 Å². The lowest BCUT2D eigenvalue weighted by molar-refractivity contribution is 0.809. The summed E-state index contributed by atoms with van der Waals surface area (Å²) >= 11 is 52.1. The van der Waals surface area contributed by atoms with Crippen LogP contribution in [0, 0.1) is 0 Å². The highest BCUT2D eigenvalue weighted by atomic mass is 35.5. The van der Waals surface area contributed by atoms with E-state index in [2.05, 4.69) is 0 Å². The van der Waals surface area contributed by atoms with Crippen LogP contribution in [0.3, 0.4) is 0 Å². The molecule has 0 bridgehead atoms. The van der Waals surface area contributed by atoms with Gasteiger partial charge in [0.1, 0.15) is 0 Å². The van der Waals surface area contributed by atoms with Gasteiger partial charge in [0, 0.05) is 20.1 Å². The molecule has 4 atom stereocenters. The maximum Gasteiger partial charge on any atom is 0.0811 e. The summed E-state index contributed by atoms with van der Waals surface area (Å²) in [6, 6.07) is 3.24. The van der Waals surface area contributed by atoms with E-state index in [9.17, 15) is 0 Å². The van der Waals surface area contributed by atoms with Crippen LogP contribution in [0.5, 0.6) is 0 Å². The van der Waals surface area contributed by atoms with Crippen molar-refractivity contribution in [3.63, 3.8) is 0 Å². The highest BCUT2D eigenvalue weighted by molar-refractivity contribution is 6.43. The highest BCUT2D eigenvalue weighted by Gasteiger charge is 2.45. The van der Waals surface area contributed by atoms with Gasteiger partial charge in [-0.1, -0.05) is 46.4 Å². The summed E-state index contributed by atoms with van der Waals surface area (Å²) in [6.45, 7) is 0. The largest absolute Gasteiger partial charge is 0.116 e. The Bertz CT molecular complexity index is 753. The minimum absolute atomic E-state index is 0.425. The first-order chi connectivity index (χ1) is 11.3. The van der Waals surface area contributed by atoms with Crippen LogP contribution in [0.4, 0.5) is 0 Å². The molecule has 0 unspecified atom stereocenters. The zero-order valence-electron chi connectivity index (χ0n) is 11.5. The normalized spacial score (nSPS) is 27.2. The van der Waals surface area contributed by atoms with Gasteiger partial charge in [-0.25, -0.2) is 0 Å². The van der Waals surface area contributed by atoms with Crippen molar-refractivity contribution in [2.45, 2.75) is 21.5 Å². The fourth-order valence-electron chi connectivity index (χ4n) is 3.50. The molecule has 8 heteroatoms. The van der Waals surface area contributed by atoms with E-state index in [1.165, 1.54) is 0 Å². The molecule has 0 radical (unpaired) electrons. The van der Waals surface area contributed by atoms with Crippen molar-refractivity contribution in [2.24, 2.45) is 0 Å². The molecule has 0 saturated carbocycles. The second-order valence-corrected chi connectivity index (χ2v) is 9.20. The molecule has 0 N–H and O–H groups in total. The first kappa shape index (κ1) is 18.1. The van der Waals surface area contributed by atoms with Gasteiger partial charge in [0.15, 0.2) is 0 Å². The standard InChI is InChI=1S/C16H6Cl8/c17-3-1-4(18)8-11-7(3)13(21)15(23)9-5(19)2-6(20)10(12(9)11)16(24)14(8)22/h1-2,13-16H/t13-,14-,15-,16+/m1/s1. The molecule has 0 spiro atoms. The van der Waals surface area contributed by atoms with E-state index in [-0.39, 0.29) is 0 Å². The van der Waals surface area contributed by atoms with Crippen LogP contribution in [0.25, 0.3) is 11.1 Å². The van der Waals surface area contributed by atoms with E-state index in [4.69, 9.17) is 92.8 Å².